The zero-order valence-corrected chi connectivity index (χ0v) is 11.0. The summed E-state index contributed by atoms with van der Waals surface area (Å²) in [5.41, 5.74) is -0.922. The molecule has 1 aromatic rings. The number of alkyl halides is 4. The average Bonchev–Trinajstić information content (AvgIpc) is 2.37. The number of rotatable bonds is 3. The van der Waals surface area contributed by atoms with Crippen LogP contribution < -0.4 is 5.32 Å². The lowest BCUT2D eigenvalue weighted by Crippen LogP contribution is -2.22. The molecule has 1 fully saturated rings. The van der Waals surface area contributed by atoms with Gasteiger partial charge in [0, 0.05) is 18.1 Å². The van der Waals surface area contributed by atoms with Crippen LogP contribution >= 0.6 is 11.6 Å². The van der Waals surface area contributed by atoms with E-state index in [1.165, 1.54) is 0 Å². The fraction of sp³-hybridized carbons (Fsp3) is 0.667. The van der Waals surface area contributed by atoms with Crippen LogP contribution in [0.15, 0.2) is 12.3 Å². The van der Waals surface area contributed by atoms with Crippen molar-refractivity contribution in [2.24, 2.45) is 5.92 Å². The first-order chi connectivity index (χ1) is 8.95. The van der Waals surface area contributed by atoms with Crippen molar-refractivity contribution in [1.29, 1.82) is 0 Å². The van der Waals surface area contributed by atoms with Gasteiger partial charge in [-0.25, -0.2) is 9.97 Å². The number of anilines is 1. The van der Waals surface area contributed by atoms with Gasteiger partial charge in [0.15, 0.2) is 0 Å². The molecule has 1 aliphatic carbocycles. The van der Waals surface area contributed by atoms with Crippen molar-refractivity contribution in [3.8, 4) is 0 Å². The van der Waals surface area contributed by atoms with Crippen LogP contribution in [-0.4, -0.2) is 21.9 Å². The summed E-state index contributed by atoms with van der Waals surface area (Å²) >= 11 is 6.00. The predicted octanol–water partition coefficient (Wildman–Crippen LogP) is 3.70. The summed E-state index contributed by atoms with van der Waals surface area (Å²) in [5.74, 6) is 0.455. The second-order valence-corrected chi connectivity index (χ2v) is 5.38. The van der Waals surface area contributed by atoms with Gasteiger partial charge in [0.25, 0.3) is 0 Å². The van der Waals surface area contributed by atoms with Gasteiger partial charge in [-0.1, -0.05) is 0 Å². The van der Waals surface area contributed by atoms with Gasteiger partial charge in [0.1, 0.15) is 5.69 Å². The molecule has 0 aliphatic heterocycles. The minimum absolute atomic E-state index is 0.0304. The Morgan fingerprint density at radius 3 is 2.58 bits per heavy atom. The molecule has 106 valence electrons. The highest BCUT2D eigenvalue weighted by Gasteiger charge is 2.32. The van der Waals surface area contributed by atoms with E-state index in [1.807, 2.05) is 0 Å². The van der Waals surface area contributed by atoms with Crippen molar-refractivity contribution < 1.29 is 13.2 Å². The molecule has 1 saturated carbocycles. The van der Waals surface area contributed by atoms with Crippen LogP contribution in [-0.2, 0) is 6.18 Å². The van der Waals surface area contributed by atoms with E-state index < -0.39 is 11.9 Å². The smallest absolute Gasteiger partial charge is 0.354 e. The molecule has 0 aromatic carbocycles. The Hall–Kier alpha value is -1.04. The first kappa shape index (κ1) is 14.4. The molecule has 3 nitrogen and oxygen atoms in total. The third-order valence-electron chi connectivity index (χ3n) is 3.27. The van der Waals surface area contributed by atoms with Crippen molar-refractivity contribution in [3.63, 3.8) is 0 Å². The Morgan fingerprint density at radius 2 is 1.95 bits per heavy atom. The van der Waals surface area contributed by atoms with Crippen molar-refractivity contribution in [2.75, 3.05) is 11.9 Å². The predicted molar refractivity (Wildman–Crippen MR) is 67.1 cm³/mol. The maximum atomic E-state index is 12.5. The lowest BCUT2D eigenvalue weighted by atomic mass is 9.89. The lowest BCUT2D eigenvalue weighted by Gasteiger charge is -2.25. The van der Waals surface area contributed by atoms with Gasteiger partial charge in [-0.3, -0.25) is 0 Å². The lowest BCUT2D eigenvalue weighted by molar-refractivity contribution is -0.141. The average molecular weight is 294 g/mol. The second-order valence-electron chi connectivity index (χ2n) is 4.76. The molecule has 19 heavy (non-hydrogen) atoms. The van der Waals surface area contributed by atoms with Gasteiger partial charge in [-0.15, -0.1) is 11.6 Å². The molecular weight excluding hydrogens is 279 g/mol. The number of nitrogens with one attached hydrogen (secondary N) is 1. The normalized spacial score (nSPS) is 24.2. The van der Waals surface area contributed by atoms with Gasteiger partial charge in [0.05, 0.1) is 0 Å². The maximum absolute atomic E-state index is 12.5. The summed E-state index contributed by atoms with van der Waals surface area (Å²) in [7, 11) is 0. The molecular formula is C12H15ClF3N3. The molecule has 0 unspecified atom stereocenters. The number of aromatic nitrogens is 2. The summed E-state index contributed by atoms with van der Waals surface area (Å²) in [6.07, 6.45) is 0.568. The highest BCUT2D eigenvalue weighted by atomic mass is 35.5. The van der Waals surface area contributed by atoms with Gasteiger partial charge in [-0.05, 0) is 37.7 Å². The largest absolute Gasteiger partial charge is 0.433 e. The first-order valence-corrected chi connectivity index (χ1v) is 6.67. The highest BCUT2D eigenvalue weighted by Crippen LogP contribution is 2.29. The number of nitrogens with zero attached hydrogens (tertiary/aromatic N) is 2. The van der Waals surface area contributed by atoms with Crippen LogP contribution in [0.2, 0.25) is 0 Å². The molecule has 0 atom stereocenters. The van der Waals surface area contributed by atoms with Crippen molar-refractivity contribution in [3.05, 3.63) is 18.0 Å². The van der Waals surface area contributed by atoms with E-state index in [-0.39, 0.29) is 11.3 Å². The van der Waals surface area contributed by atoms with Crippen LogP contribution in [0.4, 0.5) is 19.1 Å². The fourth-order valence-corrected chi connectivity index (χ4v) is 2.42. The Labute approximate surface area is 114 Å². The summed E-state index contributed by atoms with van der Waals surface area (Å²) in [6.45, 7) is 0.588. The van der Waals surface area contributed by atoms with Crippen molar-refractivity contribution >= 4 is 17.5 Å². The van der Waals surface area contributed by atoms with E-state index in [9.17, 15) is 13.2 Å². The van der Waals surface area contributed by atoms with E-state index in [0.717, 1.165) is 37.9 Å². The van der Waals surface area contributed by atoms with E-state index >= 15 is 0 Å². The third-order valence-corrected chi connectivity index (χ3v) is 3.71. The Morgan fingerprint density at radius 1 is 1.26 bits per heavy atom. The van der Waals surface area contributed by atoms with E-state index in [2.05, 4.69) is 15.3 Å². The second kappa shape index (κ2) is 5.94. The quantitative estimate of drug-likeness (QED) is 0.864. The molecule has 0 spiro atoms. The number of halogens is 4. The van der Waals surface area contributed by atoms with Crippen LogP contribution in [0.3, 0.4) is 0 Å². The zero-order chi connectivity index (χ0) is 13.9. The topological polar surface area (TPSA) is 37.8 Å². The Bertz CT molecular complexity index is 417. The molecule has 0 radical (unpaired) electrons. The van der Waals surface area contributed by atoms with Crippen LogP contribution in [0.5, 0.6) is 0 Å². The molecule has 1 N–H and O–H groups in total. The summed E-state index contributed by atoms with van der Waals surface area (Å²) in [4.78, 5) is 7.27. The first-order valence-electron chi connectivity index (χ1n) is 6.23. The molecule has 1 aromatic heterocycles. The zero-order valence-electron chi connectivity index (χ0n) is 10.3. The monoisotopic (exact) mass is 293 g/mol. The van der Waals surface area contributed by atoms with Gasteiger partial charge in [0.2, 0.25) is 5.95 Å². The third kappa shape index (κ3) is 4.23. The van der Waals surface area contributed by atoms with Crippen LogP contribution in [0, 0.1) is 5.92 Å². The standard InChI is InChI=1S/C12H15ClF3N3/c13-9-3-1-8(2-4-9)7-18-11-17-6-5-10(19-11)12(14,15)16/h5-6,8-9H,1-4,7H2,(H,17,18,19). The van der Waals surface area contributed by atoms with Crippen molar-refractivity contribution in [1.82, 2.24) is 9.97 Å². The minimum Gasteiger partial charge on any atom is -0.354 e. The maximum Gasteiger partial charge on any atom is 0.433 e. The van der Waals surface area contributed by atoms with E-state index in [0.29, 0.717) is 12.5 Å². The summed E-state index contributed by atoms with van der Waals surface area (Å²) in [6, 6.07) is 0.865. The molecule has 7 heteroatoms. The molecule has 2 rings (SSSR count). The molecule has 0 saturated heterocycles. The number of hydrogen-bond donors (Lipinski definition) is 1. The molecule has 1 aliphatic rings. The van der Waals surface area contributed by atoms with Crippen LogP contribution in [0.1, 0.15) is 31.4 Å². The van der Waals surface area contributed by atoms with Gasteiger partial charge < -0.3 is 5.32 Å². The van der Waals surface area contributed by atoms with Gasteiger partial charge in [-0.2, -0.15) is 13.2 Å². The summed E-state index contributed by atoms with van der Waals surface area (Å²) < 4.78 is 37.4. The Kier molecular flexibility index (Phi) is 4.50. The summed E-state index contributed by atoms with van der Waals surface area (Å²) in [5, 5.41) is 3.11. The SMILES string of the molecule is FC(F)(F)c1ccnc(NCC2CCC(Cl)CC2)n1. The molecule has 1 heterocycles. The minimum atomic E-state index is -4.43. The highest BCUT2D eigenvalue weighted by molar-refractivity contribution is 6.20. The van der Waals surface area contributed by atoms with Crippen molar-refractivity contribution in [2.45, 2.75) is 37.2 Å². The fourth-order valence-electron chi connectivity index (χ4n) is 2.16. The van der Waals surface area contributed by atoms with E-state index in [4.69, 9.17) is 11.6 Å². The van der Waals surface area contributed by atoms with E-state index in [1.54, 1.807) is 0 Å². The van der Waals surface area contributed by atoms with Gasteiger partial charge >= 0.3 is 6.18 Å². The molecule has 0 bridgehead atoms. The van der Waals surface area contributed by atoms with Crippen LogP contribution in [0.25, 0.3) is 0 Å². The number of hydrogen-bond acceptors (Lipinski definition) is 3. The molecule has 0 amide bonds. The Balaban J connectivity index is 1.89.